The number of benzene rings is 1. The van der Waals surface area contributed by atoms with E-state index in [0.29, 0.717) is 23.5 Å². The highest BCUT2D eigenvalue weighted by molar-refractivity contribution is 9.10. The van der Waals surface area contributed by atoms with Crippen molar-refractivity contribution in [3.05, 3.63) is 58.0 Å². The Morgan fingerprint density at radius 1 is 1.16 bits per heavy atom. The van der Waals surface area contributed by atoms with E-state index in [4.69, 9.17) is 10.2 Å². The average molecular weight is 323 g/mol. The number of furan rings is 1. The number of hydrogen-bond donors (Lipinski definition) is 2. The van der Waals surface area contributed by atoms with Crippen molar-refractivity contribution in [3.8, 4) is 0 Å². The van der Waals surface area contributed by atoms with E-state index in [1.165, 1.54) is 5.56 Å². The van der Waals surface area contributed by atoms with Gasteiger partial charge in [-0.15, -0.1) is 0 Å². The Balaban J connectivity index is 1.89. The molecule has 0 atom stereocenters. The van der Waals surface area contributed by atoms with Crippen molar-refractivity contribution < 1.29 is 9.21 Å². The predicted molar refractivity (Wildman–Crippen MR) is 76.8 cm³/mol. The number of carbonyl (C=O) groups excluding carboxylic acids is 1. The molecule has 3 N–H and O–H groups in total. The molecule has 0 aliphatic heterocycles. The summed E-state index contributed by atoms with van der Waals surface area (Å²) in [5.41, 5.74) is 7.73. The lowest BCUT2D eigenvalue weighted by molar-refractivity contribution is 0.0922. The van der Waals surface area contributed by atoms with Crippen LogP contribution in [0.25, 0.3) is 0 Å². The molecule has 1 aromatic heterocycles. The summed E-state index contributed by atoms with van der Waals surface area (Å²) in [7, 11) is 0. The van der Waals surface area contributed by atoms with E-state index in [9.17, 15) is 4.79 Å². The molecule has 0 aliphatic carbocycles. The summed E-state index contributed by atoms with van der Waals surface area (Å²) < 4.78 is 5.72. The van der Waals surface area contributed by atoms with Crippen LogP contribution in [0.3, 0.4) is 0 Å². The molecule has 0 bridgehead atoms. The maximum atomic E-state index is 11.8. The van der Waals surface area contributed by atoms with Gasteiger partial charge in [0.2, 0.25) is 0 Å². The summed E-state index contributed by atoms with van der Waals surface area (Å²) in [6.45, 7) is 1.11. The number of nitrogens with one attached hydrogen (secondary N) is 1. The molecule has 1 aromatic carbocycles. The number of nitrogens with two attached hydrogens (primary N) is 1. The number of hydrogen-bond acceptors (Lipinski definition) is 3. The number of halogens is 1. The Hall–Kier alpha value is -1.59. The zero-order chi connectivity index (χ0) is 13.7. The molecule has 0 saturated carbocycles. The first-order chi connectivity index (χ1) is 9.19. The van der Waals surface area contributed by atoms with Crippen LogP contribution in [0, 0.1) is 0 Å². The van der Waals surface area contributed by atoms with E-state index < -0.39 is 0 Å². The van der Waals surface area contributed by atoms with Crippen LogP contribution in [0.2, 0.25) is 0 Å². The fourth-order valence-corrected chi connectivity index (χ4v) is 2.00. The molecule has 0 spiro atoms. The third-order valence-electron chi connectivity index (χ3n) is 2.71. The van der Waals surface area contributed by atoms with Gasteiger partial charge in [0, 0.05) is 6.54 Å². The van der Waals surface area contributed by atoms with Crippen molar-refractivity contribution in [1.82, 2.24) is 5.32 Å². The van der Waals surface area contributed by atoms with Gasteiger partial charge in [-0.2, -0.15) is 0 Å². The first-order valence-corrected chi connectivity index (χ1v) is 6.80. The average Bonchev–Trinajstić information content (AvgIpc) is 2.85. The van der Waals surface area contributed by atoms with Crippen molar-refractivity contribution in [2.75, 3.05) is 6.54 Å². The van der Waals surface area contributed by atoms with Crippen LogP contribution in [0.15, 0.2) is 45.5 Å². The summed E-state index contributed by atoms with van der Waals surface area (Å²) in [5, 5.41) is 2.80. The highest BCUT2D eigenvalue weighted by atomic mass is 79.9. The van der Waals surface area contributed by atoms with Crippen LogP contribution in [0.5, 0.6) is 0 Å². The molecule has 0 radical (unpaired) electrons. The quantitative estimate of drug-likeness (QED) is 0.888. The Bertz CT molecular complexity index is 549. The minimum atomic E-state index is -0.225. The molecule has 0 saturated heterocycles. The second-order valence-electron chi connectivity index (χ2n) is 4.14. The van der Waals surface area contributed by atoms with E-state index in [-0.39, 0.29) is 5.91 Å². The van der Waals surface area contributed by atoms with Gasteiger partial charge in [0.25, 0.3) is 5.91 Å². The molecule has 1 amide bonds. The van der Waals surface area contributed by atoms with Gasteiger partial charge < -0.3 is 15.5 Å². The molecule has 0 aliphatic rings. The molecular weight excluding hydrogens is 308 g/mol. The van der Waals surface area contributed by atoms with E-state index in [0.717, 1.165) is 12.0 Å². The van der Waals surface area contributed by atoms with E-state index >= 15 is 0 Å². The lowest BCUT2D eigenvalue weighted by Gasteiger charge is -2.05. The number of rotatable bonds is 5. The van der Waals surface area contributed by atoms with Crippen molar-refractivity contribution in [2.45, 2.75) is 13.0 Å². The van der Waals surface area contributed by atoms with Crippen molar-refractivity contribution in [3.63, 3.8) is 0 Å². The highest BCUT2D eigenvalue weighted by Crippen LogP contribution is 2.14. The summed E-state index contributed by atoms with van der Waals surface area (Å²) >= 11 is 3.16. The van der Waals surface area contributed by atoms with Gasteiger partial charge in [-0.05, 0) is 52.2 Å². The van der Waals surface area contributed by atoms with Crippen molar-refractivity contribution in [1.29, 1.82) is 0 Å². The monoisotopic (exact) mass is 322 g/mol. The minimum absolute atomic E-state index is 0.225. The summed E-state index contributed by atoms with van der Waals surface area (Å²) in [6, 6.07) is 11.3. The van der Waals surface area contributed by atoms with Crippen LogP contribution >= 0.6 is 15.9 Å². The smallest absolute Gasteiger partial charge is 0.287 e. The Kier molecular flexibility index (Phi) is 4.76. The molecule has 100 valence electrons. The topological polar surface area (TPSA) is 68.3 Å². The van der Waals surface area contributed by atoms with Crippen LogP contribution < -0.4 is 11.1 Å². The summed E-state index contributed by atoms with van der Waals surface area (Å²) in [5.74, 6) is 0.0726. The highest BCUT2D eigenvalue weighted by Gasteiger charge is 2.09. The zero-order valence-corrected chi connectivity index (χ0v) is 11.9. The standard InChI is InChI=1S/C14H15BrN2O2/c15-13-6-5-12(19-13)14(18)17-9-11-3-1-10(2-4-11)7-8-16/h1-6H,7-9,16H2,(H,17,18). The number of amides is 1. The Morgan fingerprint density at radius 2 is 1.84 bits per heavy atom. The van der Waals surface area contributed by atoms with E-state index in [2.05, 4.69) is 21.2 Å². The molecule has 1 heterocycles. The van der Waals surface area contributed by atoms with Gasteiger partial charge in [-0.1, -0.05) is 24.3 Å². The van der Waals surface area contributed by atoms with Gasteiger partial charge in [0.1, 0.15) is 0 Å². The third kappa shape index (κ3) is 3.94. The Labute approximate surface area is 120 Å². The van der Waals surface area contributed by atoms with Gasteiger partial charge in [-0.25, -0.2) is 0 Å². The SMILES string of the molecule is NCCc1ccc(CNC(=O)c2ccc(Br)o2)cc1. The normalized spacial score (nSPS) is 10.4. The lowest BCUT2D eigenvalue weighted by Crippen LogP contribution is -2.22. The second kappa shape index (κ2) is 6.54. The van der Waals surface area contributed by atoms with Crippen LogP contribution in [-0.4, -0.2) is 12.5 Å². The van der Waals surface area contributed by atoms with Crippen molar-refractivity contribution >= 4 is 21.8 Å². The Morgan fingerprint density at radius 3 is 2.42 bits per heavy atom. The minimum Gasteiger partial charge on any atom is -0.444 e. The van der Waals surface area contributed by atoms with Gasteiger partial charge in [-0.3, -0.25) is 4.79 Å². The second-order valence-corrected chi connectivity index (χ2v) is 4.92. The van der Waals surface area contributed by atoms with Gasteiger partial charge >= 0.3 is 0 Å². The van der Waals surface area contributed by atoms with Gasteiger partial charge in [0.05, 0.1) is 0 Å². The fourth-order valence-electron chi connectivity index (χ4n) is 1.70. The molecule has 2 rings (SSSR count). The van der Waals surface area contributed by atoms with Crippen LogP contribution in [0.1, 0.15) is 21.7 Å². The first-order valence-electron chi connectivity index (χ1n) is 6.00. The molecule has 2 aromatic rings. The molecule has 5 heteroatoms. The van der Waals surface area contributed by atoms with E-state index in [1.807, 2.05) is 24.3 Å². The van der Waals surface area contributed by atoms with Gasteiger partial charge in [0.15, 0.2) is 10.4 Å². The lowest BCUT2D eigenvalue weighted by atomic mass is 10.1. The fraction of sp³-hybridized carbons (Fsp3) is 0.214. The number of carbonyl (C=O) groups is 1. The van der Waals surface area contributed by atoms with E-state index in [1.54, 1.807) is 12.1 Å². The summed E-state index contributed by atoms with van der Waals surface area (Å²) in [4.78, 5) is 11.8. The predicted octanol–water partition coefficient (Wildman–Crippen LogP) is 2.47. The third-order valence-corrected chi connectivity index (χ3v) is 3.13. The molecule has 0 unspecified atom stereocenters. The maximum absolute atomic E-state index is 11.8. The zero-order valence-electron chi connectivity index (χ0n) is 10.4. The summed E-state index contributed by atoms with van der Waals surface area (Å²) in [6.07, 6.45) is 0.868. The largest absolute Gasteiger partial charge is 0.444 e. The van der Waals surface area contributed by atoms with Crippen molar-refractivity contribution in [2.24, 2.45) is 5.73 Å². The molecule has 4 nitrogen and oxygen atoms in total. The molecule has 19 heavy (non-hydrogen) atoms. The first kappa shape index (κ1) is 13.8. The van der Waals surface area contributed by atoms with Crippen LogP contribution in [0.4, 0.5) is 0 Å². The maximum Gasteiger partial charge on any atom is 0.287 e. The van der Waals surface area contributed by atoms with Crippen LogP contribution in [-0.2, 0) is 13.0 Å². The molecular formula is C14H15BrN2O2. The molecule has 0 fully saturated rings.